The molecule has 72 valence electrons. The van der Waals surface area contributed by atoms with Gasteiger partial charge in [-0.1, -0.05) is 6.07 Å². The lowest BCUT2D eigenvalue weighted by atomic mass is 9.93. The molecule has 0 aromatic heterocycles. The van der Waals surface area contributed by atoms with Gasteiger partial charge in [0.05, 0.1) is 0 Å². The van der Waals surface area contributed by atoms with Gasteiger partial charge in [-0.25, -0.2) is 0 Å². The van der Waals surface area contributed by atoms with Gasteiger partial charge >= 0.3 is 0 Å². The van der Waals surface area contributed by atoms with Gasteiger partial charge in [-0.2, -0.15) is 0 Å². The Balaban J connectivity index is 3.29. The van der Waals surface area contributed by atoms with Gasteiger partial charge in [0, 0.05) is 5.54 Å². The summed E-state index contributed by atoms with van der Waals surface area (Å²) in [5.41, 5.74) is 6.79. The summed E-state index contributed by atoms with van der Waals surface area (Å²) in [6, 6.07) is 3.26. The molecule has 4 N–H and O–H groups in total. The van der Waals surface area contributed by atoms with Gasteiger partial charge in [0.15, 0.2) is 11.5 Å². The Kier molecular flexibility index (Phi) is 2.22. The van der Waals surface area contributed by atoms with Crippen molar-refractivity contribution in [2.75, 3.05) is 0 Å². The standard InChI is InChI=1S/C10H15NO2/c1-6-4-7(10(2,3)11)5-8(12)9(6)13/h4-5,12-13H,11H2,1-3H3. The smallest absolute Gasteiger partial charge is 0.160 e. The van der Waals surface area contributed by atoms with Crippen LogP contribution in [-0.4, -0.2) is 10.2 Å². The van der Waals surface area contributed by atoms with Gasteiger partial charge in [0.1, 0.15) is 0 Å². The maximum Gasteiger partial charge on any atom is 0.160 e. The molecule has 0 bridgehead atoms. The summed E-state index contributed by atoms with van der Waals surface area (Å²) in [5.74, 6) is -0.193. The molecule has 0 saturated carbocycles. The van der Waals surface area contributed by atoms with E-state index in [1.807, 2.05) is 13.8 Å². The van der Waals surface area contributed by atoms with Crippen LogP contribution >= 0.6 is 0 Å². The number of rotatable bonds is 1. The van der Waals surface area contributed by atoms with E-state index < -0.39 is 5.54 Å². The summed E-state index contributed by atoms with van der Waals surface area (Å²) < 4.78 is 0. The third-order valence-electron chi connectivity index (χ3n) is 2.02. The highest BCUT2D eigenvalue weighted by Crippen LogP contribution is 2.32. The van der Waals surface area contributed by atoms with Gasteiger partial charge in [0.25, 0.3) is 0 Å². The predicted octanol–water partition coefficient (Wildman–Crippen LogP) is 1.60. The fraction of sp³-hybridized carbons (Fsp3) is 0.400. The van der Waals surface area contributed by atoms with E-state index in [0.29, 0.717) is 5.56 Å². The molecule has 3 heteroatoms. The molecule has 0 aliphatic rings. The van der Waals surface area contributed by atoms with Crippen LogP contribution in [0, 0.1) is 6.92 Å². The summed E-state index contributed by atoms with van der Waals surface area (Å²) in [5, 5.41) is 18.6. The number of hydrogen-bond acceptors (Lipinski definition) is 3. The molecule has 0 spiro atoms. The van der Waals surface area contributed by atoms with E-state index in [0.717, 1.165) is 5.56 Å². The first kappa shape index (κ1) is 9.86. The van der Waals surface area contributed by atoms with Crippen molar-refractivity contribution in [1.82, 2.24) is 0 Å². The molecule has 0 heterocycles. The van der Waals surface area contributed by atoms with E-state index in [4.69, 9.17) is 5.73 Å². The second kappa shape index (κ2) is 2.92. The number of phenols is 2. The van der Waals surface area contributed by atoms with E-state index in [9.17, 15) is 10.2 Å². The zero-order chi connectivity index (χ0) is 10.2. The molecule has 1 rings (SSSR count). The third-order valence-corrected chi connectivity index (χ3v) is 2.02. The molecule has 0 amide bonds. The lowest BCUT2D eigenvalue weighted by molar-refractivity contribution is 0.398. The van der Waals surface area contributed by atoms with Crippen LogP contribution in [-0.2, 0) is 5.54 Å². The second-order valence-corrected chi connectivity index (χ2v) is 3.88. The quantitative estimate of drug-likeness (QED) is 0.576. The van der Waals surface area contributed by atoms with Gasteiger partial charge < -0.3 is 15.9 Å². The van der Waals surface area contributed by atoms with Crippen molar-refractivity contribution < 1.29 is 10.2 Å². The molecule has 1 aromatic rings. The molecule has 1 aromatic carbocycles. The topological polar surface area (TPSA) is 66.5 Å². The van der Waals surface area contributed by atoms with Crippen molar-refractivity contribution >= 4 is 0 Å². The Morgan fingerprint density at radius 3 is 2.15 bits per heavy atom. The van der Waals surface area contributed by atoms with E-state index in [1.54, 1.807) is 13.0 Å². The Morgan fingerprint density at radius 1 is 1.23 bits per heavy atom. The normalized spacial score (nSPS) is 11.7. The molecule has 0 aliphatic carbocycles. The molecule has 0 unspecified atom stereocenters. The third kappa shape index (κ3) is 1.92. The van der Waals surface area contributed by atoms with E-state index in [2.05, 4.69) is 0 Å². The Morgan fingerprint density at radius 2 is 1.77 bits per heavy atom. The van der Waals surface area contributed by atoms with Crippen molar-refractivity contribution in [2.45, 2.75) is 26.3 Å². The number of benzene rings is 1. The van der Waals surface area contributed by atoms with Gasteiger partial charge in [-0.05, 0) is 38.0 Å². The molecule has 0 radical (unpaired) electrons. The second-order valence-electron chi connectivity index (χ2n) is 3.88. The van der Waals surface area contributed by atoms with Gasteiger partial charge in [-0.15, -0.1) is 0 Å². The molecule has 0 fully saturated rings. The molecule has 3 nitrogen and oxygen atoms in total. The Labute approximate surface area is 77.8 Å². The fourth-order valence-corrected chi connectivity index (χ4v) is 1.13. The van der Waals surface area contributed by atoms with Crippen LogP contribution in [0.3, 0.4) is 0 Å². The fourth-order valence-electron chi connectivity index (χ4n) is 1.13. The summed E-state index contributed by atoms with van der Waals surface area (Å²) >= 11 is 0. The van der Waals surface area contributed by atoms with Gasteiger partial charge in [0.2, 0.25) is 0 Å². The first-order valence-electron chi connectivity index (χ1n) is 4.14. The maximum absolute atomic E-state index is 9.34. The van der Waals surface area contributed by atoms with Gasteiger partial charge in [-0.3, -0.25) is 0 Å². The largest absolute Gasteiger partial charge is 0.504 e. The lowest BCUT2D eigenvalue weighted by Crippen LogP contribution is -2.28. The first-order valence-corrected chi connectivity index (χ1v) is 4.14. The minimum absolute atomic E-state index is 0.0759. The molecule has 0 aliphatic heterocycles. The highest BCUT2D eigenvalue weighted by atomic mass is 16.3. The highest BCUT2D eigenvalue weighted by Gasteiger charge is 2.17. The van der Waals surface area contributed by atoms with Crippen LogP contribution in [0.15, 0.2) is 12.1 Å². The summed E-state index contributed by atoms with van der Waals surface area (Å²) in [4.78, 5) is 0. The molecular weight excluding hydrogens is 166 g/mol. The number of phenolic OH excluding ortho intramolecular Hbond substituents is 2. The number of aromatic hydroxyl groups is 2. The molecular formula is C10H15NO2. The number of hydrogen-bond donors (Lipinski definition) is 3. The average Bonchev–Trinajstić information content (AvgIpc) is 1.97. The average molecular weight is 181 g/mol. The molecule has 13 heavy (non-hydrogen) atoms. The Hall–Kier alpha value is -1.22. The van der Waals surface area contributed by atoms with E-state index >= 15 is 0 Å². The van der Waals surface area contributed by atoms with Crippen molar-refractivity contribution in [3.8, 4) is 11.5 Å². The minimum Gasteiger partial charge on any atom is -0.504 e. The van der Waals surface area contributed by atoms with Crippen molar-refractivity contribution in [2.24, 2.45) is 5.73 Å². The molecule has 0 saturated heterocycles. The zero-order valence-corrected chi connectivity index (χ0v) is 8.13. The van der Waals surface area contributed by atoms with E-state index in [-0.39, 0.29) is 11.5 Å². The monoisotopic (exact) mass is 181 g/mol. The summed E-state index contributed by atoms with van der Waals surface area (Å²) in [6.07, 6.45) is 0. The van der Waals surface area contributed by atoms with Crippen LogP contribution in [0.4, 0.5) is 0 Å². The predicted molar refractivity (Wildman–Crippen MR) is 51.7 cm³/mol. The first-order chi connectivity index (χ1) is 5.82. The van der Waals surface area contributed by atoms with Crippen molar-refractivity contribution in [3.63, 3.8) is 0 Å². The van der Waals surface area contributed by atoms with Crippen molar-refractivity contribution in [1.29, 1.82) is 0 Å². The van der Waals surface area contributed by atoms with Crippen LogP contribution < -0.4 is 5.73 Å². The number of aryl methyl sites for hydroxylation is 1. The summed E-state index contributed by atoms with van der Waals surface area (Å²) in [7, 11) is 0. The Bertz CT molecular complexity index is 303. The highest BCUT2D eigenvalue weighted by molar-refractivity contribution is 5.48. The van der Waals surface area contributed by atoms with Crippen LogP contribution in [0.5, 0.6) is 11.5 Å². The minimum atomic E-state index is -0.504. The van der Waals surface area contributed by atoms with Crippen LogP contribution in [0.25, 0.3) is 0 Å². The maximum atomic E-state index is 9.34. The zero-order valence-electron chi connectivity index (χ0n) is 8.13. The summed E-state index contributed by atoms with van der Waals surface area (Å²) in [6.45, 7) is 5.42. The van der Waals surface area contributed by atoms with Crippen LogP contribution in [0.1, 0.15) is 25.0 Å². The van der Waals surface area contributed by atoms with Crippen molar-refractivity contribution in [3.05, 3.63) is 23.3 Å². The number of nitrogens with two attached hydrogens (primary N) is 1. The van der Waals surface area contributed by atoms with E-state index in [1.165, 1.54) is 6.07 Å². The van der Waals surface area contributed by atoms with Crippen LogP contribution in [0.2, 0.25) is 0 Å². The lowest BCUT2D eigenvalue weighted by Gasteiger charge is -2.20. The SMILES string of the molecule is Cc1cc(C(C)(C)N)cc(O)c1O. The molecule has 0 atom stereocenters.